The van der Waals surface area contributed by atoms with Crippen molar-refractivity contribution >= 4 is 35.4 Å². The minimum absolute atomic E-state index is 0.000292. The molecule has 6 heterocycles. The van der Waals surface area contributed by atoms with Crippen molar-refractivity contribution in [3.05, 3.63) is 0 Å². The lowest BCUT2D eigenvalue weighted by atomic mass is 9.74. The molecule has 6 saturated heterocycles. The van der Waals surface area contributed by atoms with Crippen molar-refractivity contribution in [1.82, 2.24) is 31.1 Å². The third-order valence-electron chi connectivity index (χ3n) is 24.6. The van der Waals surface area contributed by atoms with E-state index in [9.17, 15) is 79.8 Å². The number of likely N-dealkylation sites (tertiary alicyclic amines) is 2. The molecule has 6 aliphatic heterocycles. The SMILES string of the molecule is CC[C@H]1CC(C(=O)NCCNC(=O)NCCCC(=O)[C@@H]2C[C@H](CC)[C@@H](O[C@@H]3O[C@@H](C)[C@@H](O)[C@@H](O)[C@@H]3O)[C@H](O[C@@H]3O[C@H](CO)[C@H](O)[C@H](O[C@@H](CC4CCCCC4)C(=O)N4CCC4)[C@H]3NC(C)=O)C2)C[C@@H](O[C@@H]2O[C@H](CO)[C@H](O)[C@H](O[C@@H](CC3CCCCC3)C(=O)N3CCC3)[C@H]2C)[C@@H]1O[C@@H]1O[C@@H](C)[C@@H](O)[C@@H](O)[C@@H]1O. The summed E-state index contributed by atoms with van der Waals surface area (Å²) in [6, 6.07) is -1.85. The number of carbonyl (C=O) groups is 6. The minimum atomic E-state index is -1.70. The topological polar surface area (TPSA) is 452 Å². The molecule has 10 rings (SSSR count). The van der Waals surface area contributed by atoms with Gasteiger partial charge in [-0.2, -0.15) is 0 Å². The van der Waals surface area contributed by atoms with Crippen molar-refractivity contribution < 1.29 is 127 Å². The fraction of sp³-hybridized carbons (Fsp3) is 0.920. The molecule has 14 N–H and O–H groups in total. The summed E-state index contributed by atoms with van der Waals surface area (Å²) >= 11 is 0. The number of rotatable bonds is 32. The molecule has 0 aromatic heterocycles. The van der Waals surface area contributed by atoms with Crippen molar-refractivity contribution in [1.29, 1.82) is 0 Å². The van der Waals surface area contributed by atoms with E-state index >= 15 is 0 Å². The Hall–Kier alpha value is -3.98. The number of aliphatic hydroxyl groups is 10. The zero-order chi connectivity index (χ0) is 76.9. The summed E-state index contributed by atoms with van der Waals surface area (Å²) in [5.41, 5.74) is 0. The average molecular weight is 1530 g/mol. The molecule has 107 heavy (non-hydrogen) atoms. The van der Waals surface area contributed by atoms with E-state index in [0.717, 1.165) is 77.0 Å². The molecule has 4 saturated carbocycles. The largest absolute Gasteiger partial charge is 0.394 e. The number of carbonyl (C=O) groups excluding carboxylic acids is 6. The van der Waals surface area contributed by atoms with Gasteiger partial charge in [0.25, 0.3) is 11.8 Å². The van der Waals surface area contributed by atoms with Crippen LogP contribution in [0.4, 0.5) is 4.79 Å². The Morgan fingerprint density at radius 2 is 0.925 bits per heavy atom. The Balaban J connectivity index is 0.764. The van der Waals surface area contributed by atoms with E-state index in [1.807, 2.05) is 13.8 Å². The highest BCUT2D eigenvalue weighted by molar-refractivity contribution is 5.83. The summed E-state index contributed by atoms with van der Waals surface area (Å²) < 4.78 is 64.7. The van der Waals surface area contributed by atoms with Crippen LogP contribution >= 0.6 is 0 Å². The number of ketones is 1. The number of hydrogen-bond donors (Lipinski definition) is 14. The molecular formula is C75H126N6O26. The molecule has 0 aromatic carbocycles. The number of aliphatic hydroxyl groups excluding tert-OH is 10. The first kappa shape index (κ1) is 85.4. The standard InChI is InChI=1S/C75H126N6O26/c1-7-44-32-46(34-49(65(44)106-73-62(92)60(90)56(86)39(4)98-73)103-72-55(79-41(6)84)67(59(89)54(37-83)105-72)101-52(70(96)81-28-17-29-81)31-43-20-13-10-14-21-43)48(85)22-15-23-77-75(97)78-25-24-76-68(94)47-33-45(8-2)66(107-74-63(93)61(91)57(87)40(5)99-74)50(35-47)102-71-38(3)64(58(88)53(36-82)104-71)100-51(69(95)80-26-16-27-80)30-42-18-11-9-12-19-42/h38-40,42-47,49-67,71-74,82-83,86-93H,7-37H2,1-6H3,(H,76,94)(H,79,84)(H2,77,78,97)/t38-,39+,40+,44+,45+,46-,47?,49-,50-,51+,52+,53-,54-,55-,56-,57-,58+,59+,60-,61-,62+,63+,64-,65-,66-,67-,71-,72-,73+,74+/m1/s1. The van der Waals surface area contributed by atoms with E-state index in [-0.39, 0.29) is 93.5 Å². The third kappa shape index (κ3) is 21.5. The Labute approximate surface area is 627 Å². The molecule has 32 heteroatoms. The van der Waals surface area contributed by atoms with Crippen LogP contribution in [0.2, 0.25) is 0 Å². The van der Waals surface area contributed by atoms with E-state index < -0.39 is 208 Å². The van der Waals surface area contributed by atoms with Crippen molar-refractivity contribution in [2.24, 2.45) is 41.4 Å². The van der Waals surface area contributed by atoms with Crippen LogP contribution in [0.3, 0.4) is 0 Å². The van der Waals surface area contributed by atoms with Gasteiger partial charge in [-0.05, 0) is 95.3 Å². The summed E-state index contributed by atoms with van der Waals surface area (Å²) in [5.74, 6) is -4.07. The van der Waals surface area contributed by atoms with Crippen LogP contribution in [0.15, 0.2) is 0 Å². The highest BCUT2D eigenvalue weighted by atomic mass is 16.7. The predicted molar refractivity (Wildman–Crippen MR) is 378 cm³/mol. The molecule has 0 radical (unpaired) electrons. The van der Waals surface area contributed by atoms with Gasteiger partial charge >= 0.3 is 6.03 Å². The second-order valence-electron chi connectivity index (χ2n) is 32.2. The molecule has 0 spiro atoms. The van der Waals surface area contributed by atoms with Crippen LogP contribution < -0.4 is 21.3 Å². The second-order valence-corrected chi connectivity index (χ2v) is 32.2. The lowest BCUT2D eigenvalue weighted by molar-refractivity contribution is -0.343. The fourth-order valence-corrected chi connectivity index (χ4v) is 17.7. The van der Waals surface area contributed by atoms with Crippen LogP contribution in [0.25, 0.3) is 0 Å². The second kappa shape index (κ2) is 40.2. The summed E-state index contributed by atoms with van der Waals surface area (Å²) in [6.07, 6.45) is -16.2. The van der Waals surface area contributed by atoms with Crippen molar-refractivity contribution in [2.45, 2.75) is 336 Å². The zero-order valence-corrected chi connectivity index (χ0v) is 63.3. The zero-order valence-electron chi connectivity index (χ0n) is 63.3. The summed E-state index contributed by atoms with van der Waals surface area (Å²) in [7, 11) is 0. The van der Waals surface area contributed by atoms with E-state index in [1.54, 1.807) is 16.7 Å². The molecule has 4 aliphatic carbocycles. The molecule has 0 aromatic rings. The minimum Gasteiger partial charge on any atom is -0.394 e. The maximum Gasteiger partial charge on any atom is 0.314 e. The molecule has 0 bridgehead atoms. The normalized spacial score (nSPS) is 40.1. The smallest absolute Gasteiger partial charge is 0.314 e. The van der Waals surface area contributed by atoms with Gasteiger partial charge in [-0.3, -0.25) is 24.0 Å². The van der Waals surface area contributed by atoms with Gasteiger partial charge < -0.3 is 130 Å². The van der Waals surface area contributed by atoms with E-state index in [1.165, 1.54) is 20.8 Å². The van der Waals surface area contributed by atoms with Gasteiger partial charge in [0.2, 0.25) is 11.8 Å². The van der Waals surface area contributed by atoms with E-state index in [4.69, 9.17) is 47.4 Å². The molecule has 30 atom stereocenters. The highest BCUT2D eigenvalue weighted by Gasteiger charge is 2.56. The Kier molecular flexibility index (Phi) is 32.1. The molecule has 6 amide bonds. The Morgan fingerprint density at radius 1 is 0.477 bits per heavy atom. The quantitative estimate of drug-likeness (QED) is 0.0395. The molecule has 10 aliphatic rings. The monoisotopic (exact) mass is 1530 g/mol. The summed E-state index contributed by atoms with van der Waals surface area (Å²) in [4.78, 5) is 87.0. The van der Waals surface area contributed by atoms with Crippen molar-refractivity contribution in [3.63, 3.8) is 0 Å². The Morgan fingerprint density at radius 3 is 1.40 bits per heavy atom. The van der Waals surface area contributed by atoms with Crippen LogP contribution in [0.5, 0.6) is 0 Å². The number of urea groups is 1. The lowest BCUT2D eigenvalue weighted by Gasteiger charge is -2.49. The first-order chi connectivity index (χ1) is 51.3. The highest BCUT2D eigenvalue weighted by Crippen LogP contribution is 2.44. The number of Topliss-reactive ketones (excluding diaryl/α,β-unsaturated/α-hetero) is 1. The average Bonchev–Trinajstić information content (AvgIpc) is 0.778. The summed E-state index contributed by atoms with van der Waals surface area (Å²) in [6.45, 7) is 10.9. The van der Waals surface area contributed by atoms with Gasteiger partial charge in [-0.25, -0.2) is 4.79 Å². The first-order valence-corrected chi connectivity index (χ1v) is 40.2. The van der Waals surface area contributed by atoms with Crippen molar-refractivity contribution in [2.75, 3.05) is 59.0 Å². The van der Waals surface area contributed by atoms with E-state index in [2.05, 4.69) is 21.3 Å². The number of nitrogens with one attached hydrogen (secondary N) is 4. The third-order valence-corrected chi connectivity index (χ3v) is 24.6. The van der Waals surface area contributed by atoms with Gasteiger partial charge in [0.05, 0.1) is 55.9 Å². The Bertz CT molecular complexity index is 2820. The van der Waals surface area contributed by atoms with Crippen LogP contribution in [-0.4, -0.2) is 309 Å². The maximum absolute atomic E-state index is 14.5. The van der Waals surface area contributed by atoms with Gasteiger partial charge in [0.15, 0.2) is 25.2 Å². The van der Waals surface area contributed by atoms with E-state index in [0.29, 0.717) is 51.9 Å². The molecule has 32 nitrogen and oxygen atoms in total. The summed E-state index contributed by atoms with van der Waals surface area (Å²) in [5, 5.41) is 122. The molecule has 10 fully saturated rings. The number of nitrogens with zero attached hydrogens (tertiary/aromatic N) is 2. The van der Waals surface area contributed by atoms with Crippen LogP contribution in [0.1, 0.15) is 183 Å². The van der Waals surface area contributed by atoms with Gasteiger partial charge in [0, 0.05) is 76.9 Å². The first-order valence-electron chi connectivity index (χ1n) is 40.2. The van der Waals surface area contributed by atoms with Gasteiger partial charge in [0.1, 0.15) is 91.2 Å². The molecular weight excluding hydrogens is 1400 g/mol. The predicted octanol–water partition coefficient (Wildman–Crippen LogP) is 0.0293. The van der Waals surface area contributed by atoms with Crippen LogP contribution in [0, 0.1) is 41.4 Å². The number of amides is 6. The maximum atomic E-state index is 14.5. The van der Waals surface area contributed by atoms with Gasteiger partial charge in [-0.15, -0.1) is 0 Å². The van der Waals surface area contributed by atoms with Crippen molar-refractivity contribution in [3.8, 4) is 0 Å². The molecule has 612 valence electrons. The fourth-order valence-electron chi connectivity index (χ4n) is 17.7. The number of hydrogen-bond acceptors (Lipinski definition) is 26. The molecule has 1 unspecified atom stereocenters. The number of ether oxygens (including phenoxy) is 10. The van der Waals surface area contributed by atoms with Gasteiger partial charge in [-0.1, -0.05) is 97.8 Å². The van der Waals surface area contributed by atoms with Crippen LogP contribution in [-0.2, 0) is 71.3 Å². The lowest BCUT2D eigenvalue weighted by Crippen LogP contribution is -2.67.